The Kier molecular flexibility index (Phi) is 14.7. The van der Waals surface area contributed by atoms with Gasteiger partial charge in [-0.2, -0.15) is 0 Å². The average Bonchev–Trinajstić information content (AvgIpc) is 3.24. The highest BCUT2D eigenvalue weighted by Gasteiger charge is 2.39. The summed E-state index contributed by atoms with van der Waals surface area (Å²) in [5, 5.41) is 0.523. The van der Waals surface area contributed by atoms with E-state index in [0.29, 0.717) is 38.6 Å². The number of carbonyl (C=O) groups is 4. The van der Waals surface area contributed by atoms with Crippen molar-refractivity contribution in [3.63, 3.8) is 0 Å². The fourth-order valence-corrected chi connectivity index (χ4v) is 6.63. The highest BCUT2D eigenvalue weighted by Crippen LogP contribution is 2.31. The van der Waals surface area contributed by atoms with Crippen LogP contribution in [0.5, 0.6) is 5.75 Å². The Morgan fingerprint density at radius 2 is 1.91 bits per heavy atom. The zero-order chi connectivity index (χ0) is 31.1. The Morgan fingerprint density at radius 3 is 2.65 bits per heavy atom. The van der Waals surface area contributed by atoms with Gasteiger partial charge in [-0.3, -0.25) is 14.3 Å². The molecule has 1 aliphatic heterocycles. The van der Waals surface area contributed by atoms with Gasteiger partial charge >= 0.3 is 12.1 Å². The van der Waals surface area contributed by atoms with Crippen LogP contribution in [-0.2, 0) is 30.4 Å². The molecule has 3 rings (SSSR count). The first-order chi connectivity index (χ1) is 20.8. The van der Waals surface area contributed by atoms with Gasteiger partial charge in [-0.1, -0.05) is 76.5 Å². The number of hydrogen-bond acceptors (Lipinski definition) is 8. The number of benzene rings is 1. The molecule has 0 bridgehead atoms. The van der Waals surface area contributed by atoms with E-state index in [9.17, 15) is 19.2 Å². The molecule has 1 aromatic rings. The van der Waals surface area contributed by atoms with Crippen molar-refractivity contribution < 1.29 is 33.4 Å². The second kappa shape index (κ2) is 18.2. The second-order valence-electron chi connectivity index (χ2n) is 11.3. The number of ether oxygens (including phenoxy) is 3. The maximum Gasteiger partial charge on any atom is 0.417 e. The zero-order valence-corrected chi connectivity index (χ0v) is 27.3. The molecule has 2 aliphatic rings. The monoisotopic (exact) mass is 632 g/mol. The number of methoxy groups -OCH3 is 1. The number of unbranched alkanes of at least 4 members (excludes halogenated alkanes) is 3. The zero-order valence-electron chi connectivity index (χ0n) is 25.5. The predicted octanol–water partition coefficient (Wildman–Crippen LogP) is 4.64. The largest absolute Gasteiger partial charge is 0.491 e. The van der Waals surface area contributed by atoms with Gasteiger partial charge in [-0.05, 0) is 43.2 Å². The number of nitrogens with one attached hydrogen (secondary N) is 2. The molecule has 0 spiro atoms. The van der Waals surface area contributed by atoms with E-state index in [4.69, 9.17) is 14.2 Å². The number of hydrogen-bond donors (Lipinski definition) is 2. The number of nitrogens with zero attached hydrogens (tertiary/aromatic N) is 1. The van der Waals surface area contributed by atoms with Gasteiger partial charge < -0.3 is 24.4 Å². The molecule has 43 heavy (non-hydrogen) atoms. The van der Waals surface area contributed by atoms with Crippen LogP contribution in [0, 0.1) is 5.92 Å². The van der Waals surface area contributed by atoms with Crippen LogP contribution in [0.4, 0.5) is 4.79 Å². The lowest BCUT2D eigenvalue weighted by atomic mass is 9.86. The summed E-state index contributed by atoms with van der Waals surface area (Å²) in [6.45, 7) is 3.61. The SMILES string of the molecule is CCCCCCOC(=O)NS[C@@H](CC1CCCCC1)C(=O)N[C@]([Si])(CCC(=O)N1CCOc2ccccc2C1)C(=O)OC. The van der Waals surface area contributed by atoms with E-state index in [1.807, 2.05) is 24.3 Å². The molecule has 3 amide bonds. The first-order valence-electron chi connectivity index (χ1n) is 15.5. The van der Waals surface area contributed by atoms with E-state index in [1.54, 1.807) is 4.90 Å². The van der Waals surface area contributed by atoms with Crippen molar-refractivity contribution in [2.45, 2.75) is 101 Å². The molecule has 0 saturated heterocycles. The summed E-state index contributed by atoms with van der Waals surface area (Å²) in [6, 6.07) is 7.59. The molecule has 0 unspecified atom stereocenters. The fourth-order valence-electron chi connectivity index (χ4n) is 5.45. The van der Waals surface area contributed by atoms with Crippen LogP contribution >= 0.6 is 11.9 Å². The van der Waals surface area contributed by atoms with Crippen LogP contribution in [0.15, 0.2) is 24.3 Å². The maximum absolute atomic E-state index is 13.7. The van der Waals surface area contributed by atoms with Crippen molar-refractivity contribution in [2.24, 2.45) is 5.92 Å². The number of fused-ring (bicyclic) bond motifs is 1. The smallest absolute Gasteiger partial charge is 0.417 e. The summed E-state index contributed by atoms with van der Waals surface area (Å²) >= 11 is 1.00. The topological polar surface area (TPSA) is 123 Å². The van der Waals surface area contributed by atoms with Gasteiger partial charge in [0.25, 0.3) is 0 Å². The molecule has 1 aromatic carbocycles. The number of rotatable bonds is 15. The molecule has 3 radical (unpaired) electrons. The van der Waals surface area contributed by atoms with E-state index >= 15 is 0 Å². The Morgan fingerprint density at radius 1 is 1.14 bits per heavy atom. The standard InChI is InChI=1S/C31H46N3O7SSi/c1-3-4-5-11-19-41-30(38)33-42-26(21-23-12-7-6-8-13-23)28(36)32-31(43,29(37)39-2)17-16-27(35)34-18-20-40-25-15-10-9-14-24(25)22-34/h9-10,14-15,23,26H,3-8,11-13,16-22H2,1-2H3,(H,32,36)(H,33,38)/t26-,31-/m0/s1. The molecule has 0 aromatic heterocycles. The average molecular weight is 633 g/mol. The minimum atomic E-state index is -1.62. The number of esters is 1. The van der Waals surface area contributed by atoms with Crippen molar-refractivity contribution in [1.82, 2.24) is 14.9 Å². The molecule has 10 nitrogen and oxygen atoms in total. The lowest BCUT2D eigenvalue weighted by molar-refractivity contribution is -0.147. The van der Waals surface area contributed by atoms with Crippen LogP contribution in [0.1, 0.15) is 89.5 Å². The van der Waals surface area contributed by atoms with Crippen molar-refractivity contribution in [2.75, 3.05) is 26.9 Å². The molecule has 2 N–H and O–H groups in total. The van der Waals surface area contributed by atoms with Crippen LogP contribution in [-0.4, -0.2) is 76.3 Å². The van der Waals surface area contributed by atoms with E-state index < -0.39 is 28.4 Å². The number of amides is 3. The summed E-state index contributed by atoms with van der Waals surface area (Å²) in [6.07, 6.45) is 9.31. The van der Waals surface area contributed by atoms with Gasteiger partial charge in [0.15, 0.2) is 0 Å². The molecule has 1 aliphatic carbocycles. The highest BCUT2D eigenvalue weighted by atomic mass is 32.2. The number of carbonyl (C=O) groups excluding carboxylic acids is 4. The Labute approximate surface area is 263 Å². The first kappa shape index (κ1) is 34.8. The summed E-state index contributed by atoms with van der Waals surface area (Å²) in [5.41, 5.74) is 0.911. The molecular weight excluding hydrogens is 587 g/mol. The maximum atomic E-state index is 13.7. The minimum Gasteiger partial charge on any atom is -0.491 e. The molecule has 12 heteroatoms. The van der Waals surface area contributed by atoms with E-state index in [0.717, 1.165) is 74.6 Å². The van der Waals surface area contributed by atoms with Gasteiger partial charge in [0, 0.05) is 18.5 Å². The highest BCUT2D eigenvalue weighted by molar-refractivity contribution is 7.99. The Balaban J connectivity index is 1.62. The molecule has 2 atom stereocenters. The lowest BCUT2D eigenvalue weighted by Crippen LogP contribution is -2.58. The van der Waals surface area contributed by atoms with Gasteiger partial charge in [-0.25, -0.2) is 9.59 Å². The summed E-state index contributed by atoms with van der Waals surface area (Å²) in [4.78, 5) is 53.8. The predicted molar refractivity (Wildman–Crippen MR) is 166 cm³/mol. The fraction of sp³-hybridized carbons (Fsp3) is 0.677. The normalized spacial score (nSPS) is 17.3. The van der Waals surface area contributed by atoms with E-state index in [1.165, 1.54) is 13.5 Å². The van der Waals surface area contributed by atoms with Gasteiger partial charge in [0.1, 0.15) is 22.8 Å². The summed E-state index contributed by atoms with van der Waals surface area (Å²) in [7, 11) is 4.71. The summed E-state index contributed by atoms with van der Waals surface area (Å²) in [5.74, 6) is -0.220. The van der Waals surface area contributed by atoms with Crippen LogP contribution in [0.3, 0.4) is 0 Å². The van der Waals surface area contributed by atoms with Crippen molar-refractivity contribution in [1.29, 1.82) is 0 Å². The van der Waals surface area contributed by atoms with E-state index in [2.05, 4.69) is 27.2 Å². The van der Waals surface area contributed by atoms with Gasteiger partial charge in [-0.15, -0.1) is 0 Å². The van der Waals surface area contributed by atoms with Crippen LogP contribution < -0.4 is 14.8 Å². The molecule has 237 valence electrons. The molecule has 1 heterocycles. The van der Waals surface area contributed by atoms with E-state index in [-0.39, 0.29) is 18.7 Å². The summed E-state index contributed by atoms with van der Waals surface area (Å²) < 4.78 is 18.7. The van der Waals surface area contributed by atoms with Crippen LogP contribution in [0.2, 0.25) is 0 Å². The van der Waals surface area contributed by atoms with Crippen molar-refractivity contribution in [3.8, 4) is 5.75 Å². The Hall–Kier alpha value is -2.73. The van der Waals surface area contributed by atoms with Gasteiger partial charge in [0.05, 0.1) is 30.5 Å². The van der Waals surface area contributed by atoms with Crippen molar-refractivity contribution in [3.05, 3.63) is 29.8 Å². The molecule has 1 fully saturated rings. The third-order valence-corrected chi connectivity index (χ3v) is 9.52. The minimum absolute atomic E-state index is 0.00983. The van der Waals surface area contributed by atoms with Crippen molar-refractivity contribution >= 4 is 46.1 Å². The number of para-hydroxylation sites is 1. The Bertz CT molecular complexity index is 1070. The van der Waals surface area contributed by atoms with Crippen LogP contribution in [0.25, 0.3) is 0 Å². The molecule has 1 saturated carbocycles. The quantitative estimate of drug-likeness (QED) is 0.124. The second-order valence-corrected chi connectivity index (χ2v) is 13.2. The lowest BCUT2D eigenvalue weighted by Gasteiger charge is -2.32. The third-order valence-electron chi connectivity index (χ3n) is 7.97. The van der Waals surface area contributed by atoms with Gasteiger partial charge in [0.2, 0.25) is 11.8 Å². The first-order valence-corrected chi connectivity index (χ1v) is 16.9. The third kappa shape index (κ3) is 11.4. The molecular formula is C31H46N3O7SSi.